The molecule has 1 N–H and O–H groups in total. The topological polar surface area (TPSA) is 29.5 Å². The molecule has 0 radical (unpaired) electrons. The maximum Gasteiger partial charge on any atom is 0.144 e. The highest BCUT2D eigenvalue weighted by atomic mass is 79.9. The van der Waals surface area contributed by atoms with E-state index in [9.17, 15) is 9.50 Å². The number of ether oxygens (including phenoxy) is 1. The number of benzene rings is 2. The Morgan fingerprint density at radius 3 is 2.67 bits per heavy atom. The third kappa shape index (κ3) is 3.02. The molecule has 0 saturated heterocycles. The molecule has 0 atom stereocenters. The Kier molecular flexibility index (Phi) is 4.22. The summed E-state index contributed by atoms with van der Waals surface area (Å²) in [6.07, 6.45) is 0. The van der Waals surface area contributed by atoms with Crippen molar-refractivity contribution >= 4 is 27.5 Å². The Labute approximate surface area is 117 Å². The first-order valence-electron chi connectivity index (χ1n) is 5.12. The average molecular weight is 332 g/mol. The first-order valence-corrected chi connectivity index (χ1v) is 6.29. The van der Waals surface area contributed by atoms with Crippen LogP contribution in [0.5, 0.6) is 11.5 Å². The minimum Gasteiger partial charge on any atom is -0.456 e. The normalized spacial score (nSPS) is 10.4. The molecule has 0 aliphatic carbocycles. The molecule has 94 valence electrons. The van der Waals surface area contributed by atoms with Gasteiger partial charge in [-0.1, -0.05) is 17.7 Å². The molecule has 2 rings (SSSR count). The lowest BCUT2D eigenvalue weighted by atomic mass is 10.2. The Morgan fingerprint density at radius 2 is 1.94 bits per heavy atom. The molecule has 0 saturated carbocycles. The fourth-order valence-electron chi connectivity index (χ4n) is 1.43. The highest BCUT2D eigenvalue weighted by Crippen LogP contribution is 2.33. The molecule has 0 spiro atoms. The summed E-state index contributed by atoms with van der Waals surface area (Å²) in [4.78, 5) is 0. The van der Waals surface area contributed by atoms with Crippen molar-refractivity contribution in [1.82, 2.24) is 0 Å². The molecule has 0 aromatic heterocycles. The second-order valence-electron chi connectivity index (χ2n) is 3.59. The number of aliphatic hydroxyl groups excluding tert-OH is 1. The zero-order chi connectivity index (χ0) is 13.1. The summed E-state index contributed by atoms with van der Waals surface area (Å²) in [5.41, 5.74) is 0.579. The molecule has 0 heterocycles. The van der Waals surface area contributed by atoms with Gasteiger partial charge in [-0.25, -0.2) is 4.39 Å². The van der Waals surface area contributed by atoms with Crippen molar-refractivity contribution in [3.05, 3.63) is 57.3 Å². The van der Waals surface area contributed by atoms with Gasteiger partial charge >= 0.3 is 0 Å². The largest absolute Gasteiger partial charge is 0.456 e. The van der Waals surface area contributed by atoms with Crippen molar-refractivity contribution in [2.75, 3.05) is 0 Å². The van der Waals surface area contributed by atoms with Crippen LogP contribution in [0, 0.1) is 5.82 Å². The third-order valence-electron chi connectivity index (χ3n) is 2.31. The van der Waals surface area contributed by atoms with Gasteiger partial charge < -0.3 is 9.84 Å². The number of aliphatic hydroxyl groups is 1. The monoisotopic (exact) mass is 330 g/mol. The van der Waals surface area contributed by atoms with Crippen LogP contribution in [0.15, 0.2) is 40.9 Å². The van der Waals surface area contributed by atoms with Crippen molar-refractivity contribution in [3.8, 4) is 11.5 Å². The van der Waals surface area contributed by atoms with E-state index in [1.54, 1.807) is 24.3 Å². The first kappa shape index (κ1) is 13.3. The van der Waals surface area contributed by atoms with E-state index in [0.29, 0.717) is 26.6 Å². The molecule has 0 amide bonds. The summed E-state index contributed by atoms with van der Waals surface area (Å²) < 4.78 is 19.3. The van der Waals surface area contributed by atoms with Crippen LogP contribution < -0.4 is 4.74 Å². The lowest BCUT2D eigenvalue weighted by Crippen LogP contribution is -1.93. The van der Waals surface area contributed by atoms with Gasteiger partial charge in [-0.2, -0.15) is 0 Å². The molecular weight excluding hydrogens is 322 g/mol. The van der Waals surface area contributed by atoms with Crippen molar-refractivity contribution < 1.29 is 14.2 Å². The molecule has 0 bridgehead atoms. The molecule has 2 aromatic rings. The summed E-state index contributed by atoms with van der Waals surface area (Å²) in [5.74, 6) is 0.323. The van der Waals surface area contributed by atoms with Crippen molar-refractivity contribution in [2.45, 2.75) is 6.61 Å². The quantitative estimate of drug-likeness (QED) is 0.895. The molecule has 0 aliphatic rings. The second-order valence-corrected chi connectivity index (χ2v) is 4.88. The highest BCUT2D eigenvalue weighted by molar-refractivity contribution is 9.10. The Balaban J connectivity index is 2.38. The standard InChI is InChI=1S/C13H9BrClFO2/c14-11-4-3-10(16)6-13(11)18-12-5-9(15)2-1-8(12)7-17/h1-6,17H,7H2. The maximum atomic E-state index is 13.1. The molecule has 0 fully saturated rings. The summed E-state index contributed by atoms with van der Waals surface area (Å²) in [6, 6.07) is 9.01. The van der Waals surface area contributed by atoms with E-state index >= 15 is 0 Å². The predicted molar refractivity (Wildman–Crippen MR) is 71.5 cm³/mol. The lowest BCUT2D eigenvalue weighted by Gasteiger charge is -2.11. The van der Waals surface area contributed by atoms with Gasteiger partial charge in [0.1, 0.15) is 17.3 Å². The number of rotatable bonds is 3. The fraction of sp³-hybridized carbons (Fsp3) is 0.0769. The van der Waals surface area contributed by atoms with Crippen LogP contribution in [0.3, 0.4) is 0 Å². The fourth-order valence-corrected chi connectivity index (χ4v) is 1.92. The second kappa shape index (κ2) is 5.69. The summed E-state index contributed by atoms with van der Waals surface area (Å²) in [6.45, 7) is -0.181. The van der Waals surface area contributed by atoms with Crippen LogP contribution in [-0.2, 0) is 6.61 Å². The zero-order valence-electron chi connectivity index (χ0n) is 9.16. The predicted octanol–water partition coefficient (Wildman–Crippen LogP) is 4.53. The van der Waals surface area contributed by atoms with Crippen LogP contribution in [-0.4, -0.2) is 5.11 Å². The van der Waals surface area contributed by atoms with E-state index in [1.165, 1.54) is 12.1 Å². The van der Waals surface area contributed by atoms with Crippen LogP contribution in [0.1, 0.15) is 5.56 Å². The average Bonchev–Trinajstić information content (AvgIpc) is 2.34. The molecule has 5 heteroatoms. The molecule has 0 unspecified atom stereocenters. The zero-order valence-corrected chi connectivity index (χ0v) is 11.5. The lowest BCUT2D eigenvalue weighted by molar-refractivity contribution is 0.276. The maximum absolute atomic E-state index is 13.1. The van der Waals surface area contributed by atoms with Crippen molar-refractivity contribution in [2.24, 2.45) is 0 Å². The van der Waals surface area contributed by atoms with Gasteiger partial charge in [0.2, 0.25) is 0 Å². The molecule has 18 heavy (non-hydrogen) atoms. The van der Waals surface area contributed by atoms with Gasteiger partial charge in [-0.15, -0.1) is 0 Å². The van der Waals surface area contributed by atoms with Crippen molar-refractivity contribution in [3.63, 3.8) is 0 Å². The summed E-state index contributed by atoms with van der Waals surface area (Å²) >= 11 is 9.13. The smallest absolute Gasteiger partial charge is 0.144 e. The van der Waals surface area contributed by atoms with E-state index in [0.717, 1.165) is 0 Å². The molecular formula is C13H9BrClFO2. The first-order chi connectivity index (χ1) is 8.60. The van der Waals surface area contributed by atoms with Gasteiger partial charge in [0.15, 0.2) is 0 Å². The highest BCUT2D eigenvalue weighted by Gasteiger charge is 2.09. The van der Waals surface area contributed by atoms with Crippen LogP contribution >= 0.6 is 27.5 Å². The number of halogens is 3. The summed E-state index contributed by atoms with van der Waals surface area (Å²) in [7, 11) is 0. The Morgan fingerprint density at radius 1 is 1.17 bits per heavy atom. The van der Waals surface area contributed by atoms with E-state index in [1.807, 2.05) is 0 Å². The SMILES string of the molecule is OCc1ccc(Cl)cc1Oc1cc(F)ccc1Br. The van der Waals surface area contributed by atoms with E-state index in [-0.39, 0.29) is 6.61 Å². The molecule has 2 nitrogen and oxygen atoms in total. The van der Waals surface area contributed by atoms with Gasteiger partial charge in [-0.05, 0) is 40.2 Å². The van der Waals surface area contributed by atoms with Crippen LogP contribution in [0.25, 0.3) is 0 Å². The summed E-state index contributed by atoms with van der Waals surface area (Å²) in [5, 5.41) is 9.68. The van der Waals surface area contributed by atoms with E-state index in [2.05, 4.69) is 15.9 Å². The third-order valence-corrected chi connectivity index (χ3v) is 3.20. The number of hydrogen-bond donors (Lipinski definition) is 1. The van der Waals surface area contributed by atoms with Gasteiger partial charge in [-0.3, -0.25) is 0 Å². The van der Waals surface area contributed by atoms with Crippen LogP contribution in [0.4, 0.5) is 4.39 Å². The van der Waals surface area contributed by atoms with Crippen molar-refractivity contribution in [1.29, 1.82) is 0 Å². The van der Waals surface area contributed by atoms with E-state index < -0.39 is 5.82 Å². The minimum absolute atomic E-state index is 0.181. The van der Waals surface area contributed by atoms with Gasteiger partial charge in [0.05, 0.1) is 11.1 Å². The number of hydrogen-bond acceptors (Lipinski definition) is 2. The molecule has 2 aromatic carbocycles. The Hall–Kier alpha value is -1.10. The van der Waals surface area contributed by atoms with Crippen LogP contribution in [0.2, 0.25) is 5.02 Å². The van der Waals surface area contributed by atoms with Gasteiger partial charge in [0, 0.05) is 16.7 Å². The minimum atomic E-state index is -0.402. The Bertz CT molecular complexity index is 575. The van der Waals surface area contributed by atoms with E-state index in [4.69, 9.17) is 16.3 Å². The molecule has 0 aliphatic heterocycles. The van der Waals surface area contributed by atoms with Gasteiger partial charge in [0.25, 0.3) is 0 Å².